The van der Waals surface area contributed by atoms with E-state index in [4.69, 9.17) is 4.74 Å². The van der Waals surface area contributed by atoms with Crippen molar-refractivity contribution in [2.75, 3.05) is 12.4 Å². The number of carbonyl (C=O) groups is 2. The molecule has 6 heteroatoms. The van der Waals surface area contributed by atoms with Crippen LogP contribution in [-0.4, -0.2) is 24.0 Å². The predicted molar refractivity (Wildman–Crippen MR) is 82.4 cm³/mol. The Labute approximate surface area is 130 Å². The van der Waals surface area contributed by atoms with E-state index in [1.165, 1.54) is 13.3 Å². The van der Waals surface area contributed by atoms with Crippen LogP contribution >= 0.6 is 15.9 Å². The molecule has 0 radical (unpaired) electrons. The van der Waals surface area contributed by atoms with Crippen molar-refractivity contribution < 1.29 is 14.3 Å². The highest BCUT2D eigenvalue weighted by Crippen LogP contribution is 2.21. The number of halogens is 1. The molecule has 1 amide bonds. The number of hydrogen-bond acceptors (Lipinski definition) is 4. The molecule has 108 valence electrons. The standard InChI is InChI=1S/C15H13BrN2O3/c1-9-10(15(20)21-2)5-3-7-12(9)18-14(19)13-11(16)6-4-8-17-13/h3-8H,1-2H3,(H,18,19). The molecule has 0 aliphatic carbocycles. The molecule has 0 bridgehead atoms. The first-order valence-corrected chi connectivity index (χ1v) is 6.93. The first-order valence-electron chi connectivity index (χ1n) is 6.14. The number of nitrogens with one attached hydrogen (secondary N) is 1. The van der Waals surface area contributed by atoms with Crippen molar-refractivity contribution in [3.63, 3.8) is 0 Å². The van der Waals surface area contributed by atoms with Crippen LogP contribution in [0.25, 0.3) is 0 Å². The molecule has 0 aliphatic rings. The third-order valence-electron chi connectivity index (χ3n) is 2.96. The van der Waals surface area contributed by atoms with E-state index in [1.807, 2.05) is 0 Å². The van der Waals surface area contributed by atoms with Gasteiger partial charge in [0.25, 0.3) is 5.91 Å². The normalized spacial score (nSPS) is 10.0. The Morgan fingerprint density at radius 1 is 1.24 bits per heavy atom. The number of esters is 1. The maximum Gasteiger partial charge on any atom is 0.338 e. The van der Waals surface area contributed by atoms with Gasteiger partial charge in [0, 0.05) is 16.4 Å². The molecule has 5 nitrogen and oxygen atoms in total. The Morgan fingerprint density at radius 3 is 2.67 bits per heavy atom. The summed E-state index contributed by atoms with van der Waals surface area (Å²) in [4.78, 5) is 27.9. The summed E-state index contributed by atoms with van der Waals surface area (Å²) in [6.45, 7) is 1.75. The molecule has 1 aromatic carbocycles. The number of carbonyl (C=O) groups excluding carboxylic acids is 2. The van der Waals surface area contributed by atoms with Crippen molar-refractivity contribution in [2.24, 2.45) is 0 Å². The van der Waals surface area contributed by atoms with Crippen molar-refractivity contribution in [1.29, 1.82) is 0 Å². The van der Waals surface area contributed by atoms with Crippen LogP contribution in [0.1, 0.15) is 26.4 Å². The third-order valence-corrected chi connectivity index (χ3v) is 3.60. The van der Waals surface area contributed by atoms with E-state index < -0.39 is 5.97 Å². The van der Waals surface area contributed by atoms with Gasteiger partial charge in [-0.25, -0.2) is 9.78 Å². The second-order valence-electron chi connectivity index (χ2n) is 4.26. The third kappa shape index (κ3) is 3.28. The molecule has 2 rings (SSSR count). The highest BCUT2D eigenvalue weighted by atomic mass is 79.9. The van der Waals surface area contributed by atoms with E-state index in [0.717, 1.165) is 0 Å². The van der Waals surface area contributed by atoms with Crippen LogP contribution in [0, 0.1) is 6.92 Å². The summed E-state index contributed by atoms with van der Waals surface area (Å²) >= 11 is 3.28. The molecule has 0 fully saturated rings. The van der Waals surface area contributed by atoms with E-state index in [-0.39, 0.29) is 11.6 Å². The summed E-state index contributed by atoms with van der Waals surface area (Å²) in [5.74, 6) is -0.796. The molecule has 0 saturated heterocycles. The van der Waals surface area contributed by atoms with Gasteiger partial charge in [0.2, 0.25) is 0 Å². The molecule has 0 saturated carbocycles. The minimum Gasteiger partial charge on any atom is -0.465 e. The molecule has 0 atom stereocenters. The highest BCUT2D eigenvalue weighted by Gasteiger charge is 2.16. The summed E-state index contributed by atoms with van der Waals surface area (Å²) in [6.07, 6.45) is 1.54. The Morgan fingerprint density at radius 2 is 2.00 bits per heavy atom. The average Bonchev–Trinajstić information content (AvgIpc) is 2.49. The lowest BCUT2D eigenvalue weighted by atomic mass is 10.1. The summed E-state index contributed by atoms with van der Waals surface area (Å²) in [6, 6.07) is 8.51. The molecular weight excluding hydrogens is 336 g/mol. The van der Waals surface area contributed by atoms with Gasteiger partial charge in [-0.3, -0.25) is 4.79 Å². The first-order chi connectivity index (χ1) is 10.0. The van der Waals surface area contributed by atoms with Gasteiger partial charge in [-0.2, -0.15) is 0 Å². The number of aromatic nitrogens is 1. The fourth-order valence-corrected chi connectivity index (χ4v) is 2.27. The number of nitrogens with zero attached hydrogens (tertiary/aromatic N) is 1. The molecule has 2 aromatic rings. The van der Waals surface area contributed by atoms with Crippen LogP contribution in [-0.2, 0) is 4.74 Å². The van der Waals surface area contributed by atoms with Crippen molar-refractivity contribution in [3.05, 3.63) is 57.8 Å². The van der Waals surface area contributed by atoms with E-state index in [9.17, 15) is 9.59 Å². The first kappa shape index (κ1) is 15.2. The second kappa shape index (κ2) is 6.49. The van der Waals surface area contributed by atoms with Crippen LogP contribution < -0.4 is 5.32 Å². The quantitative estimate of drug-likeness (QED) is 0.865. The number of amides is 1. The zero-order valence-corrected chi connectivity index (χ0v) is 13.1. The predicted octanol–water partition coefficient (Wildman–Crippen LogP) is 3.19. The summed E-state index contributed by atoms with van der Waals surface area (Å²) < 4.78 is 5.31. The molecular formula is C15H13BrN2O3. The van der Waals surface area contributed by atoms with Crippen molar-refractivity contribution in [3.8, 4) is 0 Å². The smallest absolute Gasteiger partial charge is 0.338 e. The number of hydrogen-bond donors (Lipinski definition) is 1. The van der Waals surface area contributed by atoms with Gasteiger partial charge >= 0.3 is 5.97 Å². The molecule has 0 aliphatic heterocycles. The minimum absolute atomic E-state index is 0.278. The molecule has 1 N–H and O–H groups in total. The number of pyridine rings is 1. The Hall–Kier alpha value is -2.21. The van der Waals surface area contributed by atoms with Gasteiger partial charge in [0.1, 0.15) is 5.69 Å². The van der Waals surface area contributed by atoms with Crippen LogP contribution in [0.3, 0.4) is 0 Å². The van der Waals surface area contributed by atoms with Gasteiger partial charge in [0.05, 0.1) is 12.7 Å². The Bertz CT molecular complexity index is 701. The average molecular weight is 349 g/mol. The second-order valence-corrected chi connectivity index (χ2v) is 5.11. The van der Waals surface area contributed by atoms with Crippen molar-refractivity contribution >= 4 is 33.5 Å². The maximum atomic E-state index is 12.2. The van der Waals surface area contributed by atoms with Gasteiger partial charge < -0.3 is 10.1 Å². The fourth-order valence-electron chi connectivity index (χ4n) is 1.84. The number of methoxy groups -OCH3 is 1. The number of benzene rings is 1. The molecule has 0 unspecified atom stereocenters. The van der Waals surface area contributed by atoms with Gasteiger partial charge in [-0.1, -0.05) is 6.07 Å². The van der Waals surface area contributed by atoms with E-state index in [1.54, 1.807) is 37.3 Å². The summed E-state index contributed by atoms with van der Waals surface area (Å²) in [5.41, 5.74) is 1.88. The molecule has 0 spiro atoms. The summed E-state index contributed by atoms with van der Waals surface area (Å²) in [5, 5.41) is 2.75. The Kier molecular flexibility index (Phi) is 4.70. The van der Waals surface area contributed by atoms with Gasteiger partial charge in [-0.15, -0.1) is 0 Å². The lowest BCUT2D eigenvalue weighted by Crippen LogP contribution is -2.16. The highest BCUT2D eigenvalue weighted by molar-refractivity contribution is 9.10. The lowest BCUT2D eigenvalue weighted by molar-refractivity contribution is 0.0599. The molecule has 1 aromatic heterocycles. The van der Waals surface area contributed by atoms with Crippen LogP contribution in [0.2, 0.25) is 0 Å². The topological polar surface area (TPSA) is 68.3 Å². The van der Waals surface area contributed by atoms with E-state index in [0.29, 0.717) is 21.3 Å². The largest absolute Gasteiger partial charge is 0.465 e. The Balaban J connectivity index is 2.30. The fraction of sp³-hybridized carbons (Fsp3) is 0.133. The van der Waals surface area contributed by atoms with Crippen molar-refractivity contribution in [2.45, 2.75) is 6.92 Å². The van der Waals surface area contributed by atoms with Crippen molar-refractivity contribution in [1.82, 2.24) is 4.98 Å². The zero-order chi connectivity index (χ0) is 15.4. The zero-order valence-electron chi connectivity index (χ0n) is 11.5. The maximum absolute atomic E-state index is 12.2. The SMILES string of the molecule is COC(=O)c1cccc(NC(=O)c2ncccc2Br)c1C. The van der Waals surface area contributed by atoms with Crippen LogP contribution in [0.15, 0.2) is 41.0 Å². The minimum atomic E-state index is -0.442. The van der Waals surface area contributed by atoms with E-state index in [2.05, 4.69) is 26.2 Å². The number of rotatable bonds is 3. The lowest BCUT2D eigenvalue weighted by Gasteiger charge is -2.11. The summed E-state index contributed by atoms with van der Waals surface area (Å²) in [7, 11) is 1.32. The van der Waals surface area contributed by atoms with Crippen LogP contribution in [0.4, 0.5) is 5.69 Å². The van der Waals surface area contributed by atoms with Gasteiger partial charge in [0.15, 0.2) is 0 Å². The molecule has 1 heterocycles. The van der Waals surface area contributed by atoms with Crippen LogP contribution in [0.5, 0.6) is 0 Å². The number of anilines is 1. The monoisotopic (exact) mass is 348 g/mol. The van der Waals surface area contributed by atoms with E-state index >= 15 is 0 Å². The molecule has 21 heavy (non-hydrogen) atoms. The number of ether oxygens (including phenoxy) is 1. The van der Waals surface area contributed by atoms with Gasteiger partial charge in [-0.05, 0) is 52.7 Å².